The first-order chi connectivity index (χ1) is 9.22. The average molecular weight is 277 g/mol. The van der Waals surface area contributed by atoms with Crippen molar-refractivity contribution in [2.24, 2.45) is 0 Å². The lowest BCUT2D eigenvalue weighted by Gasteiger charge is -2.13. The summed E-state index contributed by atoms with van der Waals surface area (Å²) >= 11 is 1.51. The van der Waals surface area contributed by atoms with Gasteiger partial charge in [-0.1, -0.05) is 6.07 Å². The zero-order chi connectivity index (χ0) is 13.7. The number of rotatable bonds is 5. The maximum absolute atomic E-state index is 11.6. The van der Waals surface area contributed by atoms with Crippen LogP contribution in [0.2, 0.25) is 0 Å². The third-order valence-corrected chi connectivity index (χ3v) is 3.21. The average Bonchev–Trinajstić information content (AvgIpc) is 2.88. The minimum atomic E-state index is -0.628. The molecule has 2 aromatic heterocycles. The van der Waals surface area contributed by atoms with E-state index < -0.39 is 6.10 Å². The van der Waals surface area contributed by atoms with Crippen molar-refractivity contribution >= 4 is 17.3 Å². The first kappa shape index (κ1) is 13.5. The molecule has 0 radical (unpaired) electrons. The number of hydrogen-bond donors (Lipinski definition) is 0. The molecule has 19 heavy (non-hydrogen) atoms. The van der Waals surface area contributed by atoms with E-state index in [9.17, 15) is 4.79 Å². The maximum atomic E-state index is 11.6. The normalized spacial score (nSPS) is 11.9. The fourth-order valence-electron chi connectivity index (χ4n) is 1.58. The van der Waals surface area contributed by atoms with Crippen LogP contribution in [0.25, 0.3) is 11.3 Å². The lowest BCUT2D eigenvalue weighted by Crippen LogP contribution is -2.26. The lowest BCUT2D eigenvalue weighted by atomic mass is 10.2. The number of nitrogens with zero attached hydrogens (tertiary/aromatic N) is 1. The Bertz CT molecular complexity index is 539. The van der Waals surface area contributed by atoms with Crippen LogP contribution in [-0.4, -0.2) is 23.7 Å². The van der Waals surface area contributed by atoms with Crippen LogP contribution in [0.15, 0.2) is 35.2 Å². The van der Waals surface area contributed by atoms with Gasteiger partial charge in [-0.2, -0.15) is 0 Å². The van der Waals surface area contributed by atoms with Gasteiger partial charge in [0.2, 0.25) is 0 Å². The third-order valence-electron chi connectivity index (χ3n) is 2.49. The van der Waals surface area contributed by atoms with Crippen LogP contribution in [0.4, 0.5) is 0 Å². The highest BCUT2D eigenvalue weighted by molar-refractivity contribution is 7.08. The molecule has 0 aliphatic carbocycles. The number of esters is 1. The van der Waals surface area contributed by atoms with Crippen LogP contribution in [0, 0.1) is 0 Å². The number of hydrogen-bond acceptors (Lipinski definition) is 5. The molecular formula is C14H15NO3S. The van der Waals surface area contributed by atoms with Crippen molar-refractivity contribution in [2.45, 2.75) is 20.0 Å². The summed E-state index contributed by atoms with van der Waals surface area (Å²) in [7, 11) is 0. The van der Waals surface area contributed by atoms with Crippen molar-refractivity contribution in [1.29, 1.82) is 0 Å². The minimum Gasteiger partial charge on any atom is -0.477 e. The molecule has 1 atom stereocenters. The summed E-state index contributed by atoms with van der Waals surface area (Å²) in [6.45, 7) is 3.80. The summed E-state index contributed by atoms with van der Waals surface area (Å²) in [5, 5.41) is 3.81. The van der Waals surface area contributed by atoms with Crippen molar-refractivity contribution in [3.8, 4) is 17.0 Å². The Morgan fingerprint density at radius 2 is 2.26 bits per heavy atom. The highest BCUT2D eigenvalue weighted by Crippen LogP contribution is 2.33. The highest BCUT2D eigenvalue weighted by Gasteiger charge is 2.18. The summed E-state index contributed by atoms with van der Waals surface area (Å²) in [6, 6.07) is 5.68. The van der Waals surface area contributed by atoms with Crippen LogP contribution in [-0.2, 0) is 9.53 Å². The molecule has 100 valence electrons. The molecule has 2 heterocycles. The number of thiophene rings is 1. The quantitative estimate of drug-likeness (QED) is 0.788. The largest absolute Gasteiger partial charge is 0.477 e. The molecule has 0 saturated heterocycles. The van der Waals surface area contributed by atoms with Gasteiger partial charge < -0.3 is 9.47 Å². The summed E-state index contributed by atoms with van der Waals surface area (Å²) < 4.78 is 10.6. The number of carbonyl (C=O) groups is 1. The summed E-state index contributed by atoms with van der Waals surface area (Å²) in [6.07, 6.45) is 1.10. The van der Waals surface area contributed by atoms with E-state index in [2.05, 4.69) is 4.98 Å². The van der Waals surface area contributed by atoms with Gasteiger partial charge >= 0.3 is 5.97 Å². The molecule has 0 N–H and O–H groups in total. The standard InChI is InChI=1S/C14H15NO3S/c1-3-17-14(16)10(2)18-13-9-19-8-11(13)12-6-4-5-7-15-12/h4-10H,3H2,1-2H3. The third kappa shape index (κ3) is 3.32. The molecule has 0 aromatic carbocycles. The van der Waals surface area contributed by atoms with Gasteiger partial charge in [-0.15, -0.1) is 11.3 Å². The van der Waals surface area contributed by atoms with Crippen molar-refractivity contribution in [1.82, 2.24) is 4.98 Å². The van der Waals surface area contributed by atoms with E-state index >= 15 is 0 Å². The van der Waals surface area contributed by atoms with Crippen molar-refractivity contribution in [2.75, 3.05) is 6.61 Å². The summed E-state index contributed by atoms with van der Waals surface area (Å²) in [4.78, 5) is 15.8. The van der Waals surface area contributed by atoms with Crippen molar-refractivity contribution in [3.05, 3.63) is 35.2 Å². The van der Waals surface area contributed by atoms with Crippen LogP contribution in [0.3, 0.4) is 0 Å². The molecule has 0 aliphatic rings. The lowest BCUT2D eigenvalue weighted by molar-refractivity contribution is -0.150. The Morgan fingerprint density at radius 3 is 2.95 bits per heavy atom. The van der Waals surface area contributed by atoms with Gasteiger partial charge in [0.25, 0.3) is 0 Å². The first-order valence-electron chi connectivity index (χ1n) is 6.03. The first-order valence-corrected chi connectivity index (χ1v) is 6.97. The monoisotopic (exact) mass is 277 g/mol. The molecule has 0 amide bonds. The number of carbonyl (C=O) groups excluding carboxylic acids is 1. The van der Waals surface area contributed by atoms with Gasteiger partial charge in [-0.3, -0.25) is 4.98 Å². The Hall–Kier alpha value is -1.88. The van der Waals surface area contributed by atoms with Crippen LogP contribution in [0.5, 0.6) is 5.75 Å². The fourth-order valence-corrected chi connectivity index (χ4v) is 2.33. The Kier molecular flexibility index (Phi) is 4.52. The molecule has 0 spiro atoms. The molecule has 0 aliphatic heterocycles. The van der Waals surface area contributed by atoms with E-state index in [1.165, 1.54) is 11.3 Å². The molecule has 0 bridgehead atoms. The molecule has 4 nitrogen and oxygen atoms in total. The molecule has 0 saturated carbocycles. The zero-order valence-electron chi connectivity index (χ0n) is 10.8. The molecule has 2 aromatic rings. The Morgan fingerprint density at radius 1 is 1.42 bits per heavy atom. The van der Waals surface area contributed by atoms with E-state index in [1.807, 2.05) is 29.0 Å². The van der Waals surface area contributed by atoms with Crippen molar-refractivity contribution in [3.63, 3.8) is 0 Å². The molecule has 1 unspecified atom stereocenters. The highest BCUT2D eigenvalue weighted by atomic mass is 32.1. The van der Waals surface area contributed by atoms with E-state index in [1.54, 1.807) is 20.0 Å². The topological polar surface area (TPSA) is 48.4 Å². The van der Waals surface area contributed by atoms with Crippen LogP contribution >= 0.6 is 11.3 Å². The number of aromatic nitrogens is 1. The van der Waals surface area contributed by atoms with Gasteiger partial charge in [0, 0.05) is 17.0 Å². The molecular weight excluding hydrogens is 262 g/mol. The van der Waals surface area contributed by atoms with E-state index in [0.29, 0.717) is 12.4 Å². The smallest absolute Gasteiger partial charge is 0.347 e. The van der Waals surface area contributed by atoms with Gasteiger partial charge in [0.15, 0.2) is 6.10 Å². The van der Waals surface area contributed by atoms with Gasteiger partial charge in [0.1, 0.15) is 5.75 Å². The number of ether oxygens (including phenoxy) is 2. The van der Waals surface area contributed by atoms with Gasteiger partial charge in [0.05, 0.1) is 17.9 Å². The van der Waals surface area contributed by atoms with Gasteiger partial charge in [-0.25, -0.2) is 4.79 Å². The fraction of sp³-hybridized carbons (Fsp3) is 0.286. The number of pyridine rings is 1. The minimum absolute atomic E-state index is 0.350. The second-order valence-corrected chi connectivity index (χ2v) is 4.62. The van der Waals surface area contributed by atoms with Crippen LogP contribution < -0.4 is 4.74 Å². The zero-order valence-corrected chi connectivity index (χ0v) is 11.6. The Labute approximate surface area is 116 Å². The Balaban J connectivity index is 2.15. The molecule has 0 fully saturated rings. The van der Waals surface area contributed by atoms with E-state index in [4.69, 9.17) is 9.47 Å². The maximum Gasteiger partial charge on any atom is 0.347 e. The second-order valence-electron chi connectivity index (χ2n) is 3.88. The SMILES string of the molecule is CCOC(=O)C(C)Oc1cscc1-c1ccccn1. The van der Waals surface area contributed by atoms with Crippen molar-refractivity contribution < 1.29 is 14.3 Å². The van der Waals surface area contributed by atoms with E-state index in [0.717, 1.165) is 11.3 Å². The predicted molar refractivity (Wildman–Crippen MR) is 74.3 cm³/mol. The van der Waals surface area contributed by atoms with E-state index in [-0.39, 0.29) is 5.97 Å². The molecule has 5 heteroatoms. The predicted octanol–water partition coefficient (Wildman–Crippen LogP) is 3.14. The molecule has 2 rings (SSSR count). The second kappa shape index (κ2) is 6.33. The summed E-state index contributed by atoms with van der Waals surface area (Å²) in [5.41, 5.74) is 1.72. The van der Waals surface area contributed by atoms with Crippen LogP contribution in [0.1, 0.15) is 13.8 Å². The van der Waals surface area contributed by atoms with Gasteiger partial charge in [-0.05, 0) is 26.0 Å². The summed E-state index contributed by atoms with van der Waals surface area (Å²) in [5.74, 6) is 0.296.